The van der Waals surface area contributed by atoms with E-state index in [1.165, 1.54) is 6.07 Å². The zero-order valence-electron chi connectivity index (χ0n) is 13.4. The van der Waals surface area contributed by atoms with Crippen molar-refractivity contribution in [2.45, 2.75) is 9.79 Å². The summed E-state index contributed by atoms with van der Waals surface area (Å²) in [5, 5.41) is 6.67. The molecule has 24 heavy (non-hydrogen) atoms. The standard InChI is InChI=1S/C17H20ClN3O2S/c1-19-16-6-5-14(21-9-7-20-8-10-21)12-17(16)24(22,23)15-4-2-3-13(18)11-15/h2-6,11-12,19-20H,7-10H2,1H3. The van der Waals surface area contributed by atoms with Gasteiger partial charge >= 0.3 is 0 Å². The molecular formula is C17H20ClN3O2S. The van der Waals surface area contributed by atoms with Gasteiger partial charge in [-0.3, -0.25) is 0 Å². The SMILES string of the molecule is CNc1ccc(N2CCNCC2)cc1S(=O)(=O)c1cccc(Cl)c1. The Bertz CT molecular complexity index is 833. The zero-order valence-corrected chi connectivity index (χ0v) is 15.0. The van der Waals surface area contributed by atoms with Gasteiger partial charge in [-0.05, 0) is 36.4 Å². The van der Waals surface area contributed by atoms with Crippen LogP contribution in [0, 0.1) is 0 Å². The van der Waals surface area contributed by atoms with Gasteiger partial charge in [-0.25, -0.2) is 8.42 Å². The van der Waals surface area contributed by atoms with Crippen LogP contribution in [0.15, 0.2) is 52.3 Å². The third-order valence-electron chi connectivity index (χ3n) is 4.11. The Morgan fingerprint density at radius 2 is 1.88 bits per heavy atom. The lowest BCUT2D eigenvalue weighted by atomic mass is 10.2. The second-order valence-corrected chi connectivity index (χ2v) is 7.98. The summed E-state index contributed by atoms with van der Waals surface area (Å²) in [5.74, 6) is 0. The second kappa shape index (κ2) is 7.01. The van der Waals surface area contributed by atoms with Crippen molar-refractivity contribution >= 4 is 32.8 Å². The minimum atomic E-state index is -3.65. The molecular weight excluding hydrogens is 346 g/mol. The van der Waals surface area contributed by atoms with E-state index in [-0.39, 0.29) is 9.79 Å². The number of anilines is 2. The maximum atomic E-state index is 13.1. The molecule has 1 fully saturated rings. The minimum absolute atomic E-state index is 0.198. The van der Waals surface area contributed by atoms with Crippen LogP contribution in [0.5, 0.6) is 0 Å². The summed E-state index contributed by atoms with van der Waals surface area (Å²) >= 11 is 5.97. The Kier molecular flexibility index (Phi) is 4.99. The summed E-state index contributed by atoms with van der Waals surface area (Å²) in [4.78, 5) is 2.65. The van der Waals surface area contributed by atoms with E-state index in [9.17, 15) is 8.42 Å². The number of halogens is 1. The average molecular weight is 366 g/mol. The smallest absolute Gasteiger partial charge is 0.208 e. The van der Waals surface area contributed by atoms with Crippen LogP contribution in [-0.2, 0) is 9.84 Å². The fourth-order valence-corrected chi connectivity index (χ4v) is 4.61. The lowest BCUT2D eigenvalue weighted by Gasteiger charge is -2.30. The van der Waals surface area contributed by atoms with Gasteiger partial charge in [0.2, 0.25) is 9.84 Å². The predicted molar refractivity (Wildman–Crippen MR) is 98.0 cm³/mol. The Morgan fingerprint density at radius 3 is 2.54 bits per heavy atom. The van der Waals surface area contributed by atoms with Gasteiger partial charge in [-0.15, -0.1) is 0 Å². The van der Waals surface area contributed by atoms with Crippen LogP contribution in [0.2, 0.25) is 5.02 Å². The molecule has 2 aromatic rings. The first-order valence-corrected chi connectivity index (χ1v) is 9.66. The van der Waals surface area contributed by atoms with E-state index < -0.39 is 9.84 Å². The number of rotatable bonds is 4. The molecule has 0 unspecified atom stereocenters. The number of hydrogen-bond acceptors (Lipinski definition) is 5. The minimum Gasteiger partial charge on any atom is -0.387 e. The Balaban J connectivity index is 2.07. The van der Waals surface area contributed by atoms with E-state index in [1.807, 2.05) is 12.1 Å². The van der Waals surface area contributed by atoms with Crippen molar-refractivity contribution < 1.29 is 8.42 Å². The summed E-state index contributed by atoms with van der Waals surface area (Å²) in [7, 11) is -1.94. The molecule has 1 saturated heterocycles. The van der Waals surface area contributed by atoms with Gasteiger partial charge in [0.05, 0.1) is 15.5 Å². The van der Waals surface area contributed by atoms with E-state index in [0.717, 1.165) is 31.9 Å². The topological polar surface area (TPSA) is 61.4 Å². The molecule has 0 amide bonds. The molecule has 0 radical (unpaired) electrons. The average Bonchev–Trinajstić information content (AvgIpc) is 2.62. The van der Waals surface area contributed by atoms with E-state index in [4.69, 9.17) is 11.6 Å². The van der Waals surface area contributed by atoms with Gasteiger partial charge in [0.1, 0.15) is 0 Å². The summed E-state index contributed by atoms with van der Waals surface area (Å²) in [5.41, 5.74) is 1.49. The Labute approximate surface area is 147 Å². The van der Waals surface area contributed by atoms with Gasteiger partial charge in [-0.2, -0.15) is 0 Å². The summed E-state index contributed by atoms with van der Waals surface area (Å²) < 4.78 is 26.1. The molecule has 0 spiro atoms. The van der Waals surface area contributed by atoms with Crippen LogP contribution in [0.4, 0.5) is 11.4 Å². The first-order valence-electron chi connectivity index (χ1n) is 7.80. The van der Waals surface area contributed by atoms with Gasteiger partial charge < -0.3 is 15.5 Å². The molecule has 0 atom stereocenters. The van der Waals surface area contributed by atoms with Crippen molar-refractivity contribution in [1.29, 1.82) is 0 Å². The van der Waals surface area contributed by atoms with Crippen LogP contribution >= 0.6 is 11.6 Å². The number of piperazine rings is 1. The van der Waals surface area contributed by atoms with Crippen molar-refractivity contribution in [3.8, 4) is 0 Å². The molecule has 1 aliphatic rings. The quantitative estimate of drug-likeness (QED) is 0.872. The van der Waals surface area contributed by atoms with Crippen LogP contribution < -0.4 is 15.5 Å². The number of hydrogen-bond donors (Lipinski definition) is 2. The molecule has 5 nitrogen and oxygen atoms in total. The van der Waals surface area contributed by atoms with E-state index in [2.05, 4.69) is 15.5 Å². The first-order chi connectivity index (χ1) is 11.5. The van der Waals surface area contributed by atoms with Gasteiger partial charge in [0.25, 0.3) is 0 Å². The normalized spacial score (nSPS) is 15.3. The highest BCUT2D eigenvalue weighted by molar-refractivity contribution is 7.91. The van der Waals surface area contributed by atoms with Gasteiger partial charge in [0, 0.05) is 43.9 Å². The molecule has 2 N–H and O–H groups in total. The zero-order chi connectivity index (χ0) is 17.2. The lowest BCUT2D eigenvalue weighted by Crippen LogP contribution is -2.43. The van der Waals surface area contributed by atoms with Crippen LogP contribution in [-0.4, -0.2) is 41.6 Å². The molecule has 0 aliphatic carbocycles. The van der Waals surface area contributed by atoms with Crippen molar-refractivity contribution in [1.82, 2.24) is 5.32 Å². The monoisotopic (exact) mass is 365 g/mol. The Hall–Kier alpha value is -1.76. The van der Waals surface area contributed by atoms with Gasteiger partial charge in [0.15, 0.2) is 0 Å². The number of nitrogens with zero attached hydrogens (tertiary/aromatic N) is 1. The third-order valence-corrected chi connectivity index (χ3v) is 6.14. The fraction of sp³-hybridized carbons (Fsp3) is 0.294. The van der Waals surface area contributed by atoms with Gasteiger partial charge in [-0.1, -0.05) is 17.7 Å². The van der Waals surface area contributed by atoms with Crippen LogP contribution in [0.25, 0.3) is 0 Å². The maximum absolute atomic E-state index is 13.1. The van der Waals surface area contributed by atoms with Crippen LogP contribution in [0.1, 0.15) is 0 Å². The second-order valence-electron chi connectivity index (χ2n) is 5.63. The summed E-state index contributed by atoms with van der Waals surface area (Å²) in [6.45, 7) is 3.50. The number of sulfone groups is 1. The highest BCUT2D eigenvalue weighted by Crippen LogP contribution is 2.32. The molecule has 0 saturated carbocycles. The lowest BCUT2D eigenvalue weighted by molar-refractivity contribution is 0.587. The van der Waals surface area contributed by atoms with Crippen LogP contribution in [0.3, 0.4) is 0 Å². The molecule has 0 aromatic heterocycles. The molecule has 1 aliphatic heterocycles. The van der Waals surface area contributed by atoms with Crippen molar-refractivity contribution in [3.63, 3.8) is 0 Å². The number of nitrogens with one attached hydrogen (secondary N) is 2. The fourth-order valence-electron chi connectivity index (χ4n) is 2.82. The largest absolute Gasteiger partial charge is 0.387 e. The maximum Gasteiger partial charge on any atom is 0.208 e. The highest BCUT2D eigenvalue weighted by Gasteiger charge is 2.23. The summed E-state index contributed by atoms with van der Waals surface area (Å²) in [6.07, 6.45) is 0. The summed E-state index contributed by atoms with van der Waals surface area (Å²) in [6, 6.07) is 11.9. The highest BCUT2D eigenvalue weighted by atomic mass is 35.5. The first kappa shape index (κ1) is 17.1. The van der Waals surface area contributed by atoms with E-state index >= 15 is 0 Å². The molecule has 0 bridgehead atoms. The van der Waals surface area contributed by atoms with E-state index in [1.54, 1.807) is 31.3 Å². The number of benzene rings is 2. The molecule has 128 valence electrons. The molecule has 3 rings (SSSR count). The van der Waals surface area contributed by atoms with Crippen molar-refractivity contribution in [2.24, 2.45) is 0 Å². The Morgan fingerprint density at radius 1 is 1.12 bits per heavy atom. The third kappa shape index (κ3) is 3.36. The molecule has 2 aromatic carbocycles. The van der Waals surface area contributed by atoms with E-state index in [0.29, 0.717) is 10.7 Å². The van der Waals surface area contributed by atoms with Crippen molar-refractivity contribution in [3.05, 3.63) is 47.5 Å². The molecule has 7 heteroatoms. The molecule has 1 heterocycles. The predicted octanol–water partition coefficient (Wildman–Crippen LogP) is 2.62. The van der Waals surface area contributed by atoms with Crippen molar-refractivity contribution in [2.75, 3.05) is 43.4 Å².